The van der Waals surface area contributed by atoms with Crippen LogP contribution in [0.3, 0.4) is 0 Å². The van der Waals surface area contributed by atoms with E-state index in [2.05, 4.69) is 138 Å². The third-order valence-corrected chi connectivity index (χ3v) is 14.1. The van der Waals surface area contributed by atoms with E-state index in [-0.39, 0.29) is 5.82 Å². The molecule has 0 saturated carbocycles. The molecule has 270 valence electrons. The molecule has 0 amide bonds. The van der Waals surface area contributed by atoms with E-state index in [1.165, 1.54) is 86.4 Å². The molecule has 13 aromatic rings. The summed E-state index contributed by atoms with van der Waals surface area (Å²) >= 11 is 3.55. The third kappa shape index (κ3) is 4.47. The van der Waals surface area contributed by atoms with Gasteiger partial charge in [-0.25, -0.2) is 14.4 Å². The summed E-state index contributed by atoms with van der Waals surface area (Å²) in [5.74, 6) is -0.280. The molecule has 0 bridgehead atoms. The summed E-state index contributed by atoms with van der Waals surface area (Å²) in [6.45, 7) is 0. The molecule has 0 aliphatic heterocycles. The number of halogens is 1. The van der Waals surface area contributed by atoms with Gasteiger partial charge in [-0.2, -0.15) is 0 Å². The number of nitrogens with zero attached hydrogens (tertiary/aromatic N) is 3. The Bertz CT molecular complexity index is 3860. The number of benzene rings is 9. The van der Waals surface area contributed by atoms with Gasteiger partial charge in [-0.1, -0.05) is 127 Å². The van der Waals surface area contributed by atoms with Gasteiger partial charge in [0, 0.05) is 58.5 Å². The number of thiophene rings is 2. The SMILES string of the molecule is Fc1ccc(-c2nc3c(nc2-c2ccc(-n4c5c6ccccc6ccc5c5c6ccccc6c6c7ccc8ccccc8c7sc6c54)cc2)sc2ccccc23)cc1. The monoisotopic (exact) mass is 777 g/mol. The fourth-order valence-electron chi connectivity index (χ4n) is 9.27. The smallest absolute Gasteiger partial charge is 0.143 e. The van der Waals surface area contributed by atoms with Gasteiger partial charge in [0.1, 0.15) is 16.2 Å². The predicted molar refractivity (Wildman–Crippen MR) is 245 cm³/mol. The molecule has 0 aliphatic carbocycles. The summed E-state index contributed by atoms with van der Waals surface area (Å²) in [4.78, 5) is 11.4. The van der Waals surface area contributed by atoms with E-state index in [0.717, 1.165) is 48.6 Å². The number of fused-ring (bicyclic) bond motifs is 17. The van der Waals surface area contributed by atoms with E-state index in [4.69, 9.17) is 9.97 Å². The average Bonchev–Trinajstić information content (AvgIpc) is 3.97. The van der Waals surface area contributed by atoms with Gasteiger partial charge in [0.2, 0.25) is 0 Å². The molecule has 9 aromatic carbocycles. The second-order valence-electron chi connectivity index (χ2n) is 15.0. The van der Waals surface area contributed by atoms with Crippen LogP contribution in [0.4, 0.5) is 4.39 Å². The number of hydrogen-bond acceptors (Lipinski definition) is 4. The Morgan fingerprint density at radius 2 is 1.00 bits per heavy atom. The largest absolute Gasteiger partial charge is 0.307 e. The minimum Gasteiger partial charge on any atom is -0.307 e. The highest BCUT2D eigenvalue weighted by Gasteiger charge is 2.24. The molecule has 0 N–H and O–H groups in total. The van der Waals surface area contributed by atoms with Crippen LogP contribution in [0.25, 0.3) is 123 Å². The first-order chi connectivity index (χ1) is 28.7. The Labute approximate surface area is 338 Å². The van der Waals surface area contributed by atoms with Crippen molar-refractivity contribution in [2.24, 2.45) is 0 Å². The van der Waals surface area contributed by atoms with Crippen molar-refractivity contribution in [3.05, 3.63) is 176 Å². The van der Waals surface area contributed by atoms with Gasteiger partial charge in [-0.05, 0) is 69.4 Å². The lowest BCUT2D eigenvalue weighted by atomic mass is 9.97. The highest BCUT2D eigenvalue weighted by Crippen LogP contribution is 2.50. The molecule has 3 nitrogen and oxygen atoms in total. The lowest BCUT2D eigenvalue weighted by molar-refractivity contribution is 0.628. The molecule has 0 fully saturated rings. The van der Waals surface area contributed by atoms with Gasteiger partial charge in [0.15, 0.2) is 0 Å². The Kier molecular flexibility index (Phi) is 6.65. The molecule has 0 spiro atoms. The maximum Gasteiger partial charge on any atom is 0.143 e. The van der Waals surface area contributed by atoms with Crippen LogP contribution in [0.5, 0.6) is 0 Å². The van der Waals surface area contributed by atoms with Crippen LogP contribution < -0.4 is 0 Å². The highest BCUT2D eigenvalue weighted by atomic mass is 32.1. The Morgan fingerprint density at radius 3 is 1.76 bits per heavy atom. The van der Waals surface area contributed by atoms with Crippen molar-refractivity contribution in [3.8, 4) is 28.2 Å². The van der Waals surface area contributed by atoms with Gasteiger partial charge in [-0.3, -0.25) is 0 Å². The zero-order chi connectivity index (χ0) is 38.1. The van der Waals surface area contributed by atoms with Crippen molar-refractivity contribution in [1.29, 1.82) is 0 Å². The molecule has 4 aromatic heterocycles. The van der Waals surface area contributed by atoms with Gasteiger partial charge in [0.25, 0.3) is 0 Å². The lowest BCUT2D eigenvalue weighted by Crippen LogP contribution is -1.97. The minimum atomic E-state index is -0.280. The zero-order valence-electron chi connectivity index (χ0n) is 30.7. The molecule has 58 heavy (non-hydrogen) atoms. The zero-order valence-corrected chi connectivity index (χ0v) is 32.3. The second kappa shape index (κ2) is 12.0. The number of aromatic nitrogens is 3. The summed E-state index contributed by atoms with van der Waals surface area (Å²) in [7, 11) is 0. The topological polar surface area (TPSA) is 30.7 Å². The molecular formula is C52H28FN3S2. The van der Waals surface area contributed by atoms with Crippen LogP contribution in [-0.2, 0) is 0 Å². The molecule has 6 heteroatoms. The van der Waals surface area contributed by atoms with Gasteiger partial charge < -0.3 is 4.57 Å². The summed E-state index contributed by atoms with van der Waals surface area (Å²) < 4.78 is 20.5. The summed E-state index contributed by atoms with van der Waals surface area (Å²) in [5, 5.41) is 13.6. The first-order valence-electron chi connectivity index (χ1n) is 19.3. The second-order valence-corrected chi connectivity index (χ2v) is 17.0. The molecule has 0 saturated heterocycles. The van der Waals surface area contributed by atoms with Gasteiger partial charge in [0.05, 0.1) is 27.1 Å². The number of hydrogen-bond donors (Lipinski definition) is 0. The van der Waals surface area contributed by atoms with Crippen molar-refractivity contribution < 1.29 is 4.39 Å². The highest BCUT2D eigenvalue weighted by molar-refractivity contribution is 7.27. The van der Waals surface area contributed by atoms with Crippen LogP contribution in [-0.4, -0.2) is 14.5 Å². The summed E-state index contributed by atoms with van der Waals surface area (Å²) in [6.07, 6.45) is 0. The van der Waals surface area contributed by atoms with Gasteiger partial charge in [-0.15, -0.1) is 22.7 Å². The van der Waals surface area contributed by atoms with Crippen LogP contribution in [0.2, 0.25) is 0 Å². The fourth-order valence-corrected chi connectivity index (χ4v) is 11.7. The lowest BCUT2D eigenvalue weighted by Gasteiger charge is -2.13. The van der Waals surface area contributed by atoms with Crippen LogP contribution in [0, 0.1) is 5.82 Å². The van der Waals surface area contributed by atoms with E-state index < -0.39 is 0 Å². The Morgan fingerprint density at radius 1 is 0.414 bits per heavy atom. The average molecular weight is 778 g/mol. The normalized spacial score (nSPS) is 12.2. The van der Waals surface area contributed by atoms with E-state index in [0.29, 0.717) is 0 Å². The quantitative estimate of drug-likeness (QED) is 0.179. The first-order valence-corrected chi connectivity index (χ1v) is 21.0. The third-order valence-electron chi connectivity index (χ3n) is 11.8. The molecule has 0 radical (unpaired) electrons. The van der Waals surface area contributed by atoms with Crippen LogP contribution in [0.15, 0.2) is 170 Å². The fraction of sp³-hybridized carbons (Fsp3) is 0. The summed E-state index contributed by atoms with van der Waals surface area (Å²) in [6, 6.07) is 59.2. The molecule has 0 atom stereocenters. The van der Waals surface area contributed by atoms with E-state index in [9.17, 15) is 4.39 Å². The Balaban J connectivity index is 1.13. The van der Waals surface area contributed by atoms with E-state index in [1.54, 1.807) is 23.5 Å². The number of rotatable bonds is 3. The molecule has 0 unspecified atom stereocenters. The molecular weight excluding hydrogens is 750 g/mol. The molecule has 4 heterocycles. The maximum absolute atomic E-state index is 14.2. The molecule has 13 rings (SSSR count). The van der Waals surface area contributed by atoms with Crippen LogP contribution in [0.1, 0.15) is 0 Å². The predicted octanol–water partition coefficient (Wildman–Crippen LogP) is 15.2. The standard InChI is InChI=1S/C52H28FN3S2/c53-33-23-17-31(18-24-33)45-46(55-52-47(54-45)39-15-7-8-16-42(39)57-52)32-19-25-34(26-20-32)56-48-35-11-3-1-9-29(35)21-27-40(48)43-37-13-5-6-14-38(37)44-41-28-22-30-10-2-4-12-36(30)50(41)58-51(44)49(43)56/h1-28H. The van der Waals surface area contributed by atoms with Crippen molar-refractivity contribution in [1.82, 2.24) is 14.5 Å². The van der Waals surface area contributed by atoms with E-state index >= 15 is 0 Å². The minimum absolute atomic E-state index is 0.280. The maximum atomic E-state index is 14.2. The van der Waals surface area contributed by atoms with Gasteiger partial charge >= 0.3 is 0 Å². The van der Waals surface area contributed by atoms with Crippen molar-refractivity contribution in [3.63, 3.8) is 0 Å². The Hall–Kier alpha value is -6.99. The summed E-state index contributed by atoms with van der Waals surface area (Å²) in [5.41, 5.74) is 7.63. The first kappa shape index (κ1) is 32.1. The van der Waals surface area contributed by atoms with Crippen molar-refractivity contribution in [2.75, 3.05) is 0 Å². The van der Waals surface area contributed by atoms with Crippen molar-refractivity contribution in [2.45, 2.75) is 0 Å². The van der Waals surface area contributed by atoms with Crippen LogP contribution >= 0.6 is 22.7 Å². The van der Waals surface area contributed by atoms with E-state index in [1.807, 2.05) is 23.5 Å². The van der Waals surface area contributed by atoms with Crippen molar-refractivity contribution >= 4 is 117 Å². The molecule has 0 aliphatic rings.